The second-order valence-electron chi connectivity index (χ2n) is 2.85. The van der Waals surface area contributed by atoms with Crippen molar-refractivity contribution in [1.29, 1.82) is 0 Å². The summed E-state index contributed by atoms with van der Waals surface area (Å²) >= 11 is 0. The van der Waals surface area contributed by atoms with Crippen molar-refractivity contribution in [1.82, 2.24) is 0 Å². The molecule has 14 heavy (non-hydrogen) atoms. The van der Waals surface area contributed by atoms with Crippen LogP contribution in [0.25, 0.3) is 0 Å². The average Bonchev–Trinajstić information content (AvgIpc) is 2.18. The van der Waals surface area contributed by atoms with Crippen molar-refractivity contribution in [3.8, 4) is 11.5 Å². The highest BCUT2D eigenvalue weighted by Gasteiger charge is 2.11. The highest BCUT2D eigenvalue weighted by molar-refractivity contribution is 5.99. The van der Waals surface area contributed by atoms with Crippen LogP contribution in [-0.2, 0) is 0 Å². The van der Waals surface area contributed by atoms with Crippen LogP contribution < -0.4 is 10.5 Å². The Balaban J connectivity index is 3.03. The smallest absolute Gasteiger partial charge is 0.167 e. The van der Waals surface area contributed by atoms with Crippen LogP contribution in [0.2, 0.25) is 0 Å². The second-order valence-corrected chi connectivity index (χ2v) is 2.85. The van der Waals surface area contributed by atoms with E-state index >= 15 is 0 Å². The van der Waals surface area contributed by atoms with Crippen molar-refractivity contribution in [2.45, 2.75) is 6.42 Å². The maximum atomic E-state index is 11.5. The van der Waals surface area contributed by atoms with E-state index in [0.717, 1.165) is 0 Å². The maximum absolute atomic E-state index is 11.5. The molecule has 0 saturated heterocycles. The number of rotatable bonds is 4. The standard InChI is InChI=1S/C10H13NO3/c1-14-10-3-2-7(12)6-8(10)9(13)4-5-11/h2-3,6,12H,4-5,11H2,1H3. The zero-order chi connectivity index (χ0) is 10.6. The summed E-state index contributed by atoms with van der Waals surface area (Å²) < 4.78 is 5.00. The molecule has 0 unspecified atom stereocenters. The maximum Gasteiger partial charge on any atom is 0.167 e. The molecule has 0 spiro atoms. The molecule has 0 aliphatic rings. The fraction of sp³-hybridized carbons (Fsp3) is 0.300. The first kappa shape index (κ1) is 10.5. The summed E-state index contributed by atoms with van der Waals surface area (Å²) in [6.45, 7) is 0.289. The van der Waals surface area contributed by atoms with Crippen molar-refractivity contribution in [2.24, 2.45) is 5.73 Å². The minimum Gasteiger partial charge on any atom is -0.508 e. The van der Waals surface area contributed by atoms with Crippen LogP contribution in [-0.4, -0.2) is 24.5 Å². The van der Waals surface area contributed by atoms with Crippen LogP contribution in [0.15, 0.2) is 18.2 Å². The Morgan fingerprint density at radius 3 is 2.86 bits per heavy atom. The summed E-state index contributed by atoms with van der Waals surface area (Å²) in [6.07, 6.45) is 0.250. The number of hydrogen-bond acceptors (Lipinski definition) is 4. The number of phenols is 1. The van der Waals surface area contributed by atoms with Crippen molar-refractivity contribution in [3.05, 3.63) is 23.8 Å². The molecule has 4 heteroatoms. The average molecular weight is 195 g/mol. The van der Waals surface area contributed by atoms with Crippen molar-refractivity contribution >= 4 is 5.78 Å². The van der Waals surface area contributed by atoms with Crippen LogP contribution in [0, 0.1) is 0 Å². The van der Waals surface area contributed by atoms with Crippen LogP contribution in [0.5, 0.6) is 11.5 Å². The zero-order valence-corrected chi connectivity index (χ0v) is 7.99. The lowest BCUT2D eigenvalue weighted by atomic mass is 10.1. The number of phenolic OH excluding ortho intramolecular Hbond substituents is 1. The SMILES string of the molecule is COc1ccc(O)cc1C(=O)CCN. The summed E-state index contributed by atoms with van der Waals surface area (Å²) in [5.41, 5.74) is 5.65. The minimum atomic E-state index is -0.125. The molecule has 0 atom stereocenters. The monoisotopic (exact) mass is 195 g/mol. The van der Waals surface area contributed by atoms with Crippen LogP contribution in [0.1, 0.15) is 16.8 Å². The minimum absolute atomic E-state index is 0.0474. The van der Waals surface area contributed by atoms with E-state index in [0.29, 0.717) is 11.3 Å². The van der Waals surface area contributed by atoms with Gasteiger partial charge in [0.1, 0.15) is 11.5 Å². The first-order chi connectivity index (χ1) is 6.69. The van der Waals surface area contributed by atoms with E-state index in [1.165, 1.54) is 19.2 Å². The number of nitrogens with two attached hydrogens (primary N) is 1. The van der Waals surface area contributed by atoms with E-state index in [4.69, 9.17) is 10.5 Å². The number of carbonyl (C=O) groups is 1. The predicted octanol–water partition coefficient (Wildman–Crippen LogP) is 0.932. The molecule has 0 saturated carbocycles. The summed E-state index contributed by atoms with van der Waals surface area (Å²) in [5, 5.41) is 9.21. The lowest BCUT2D eigenvalue weighted by molar-refractivity contribution is 0.0982. The third-order valence-electron chi connectivity index (χ3n) is 1.85. The van der Waals surface area contributed by atoms with E-state index < -0.39 is 0 Å². The molecule has 0 radical (unpaired) electrons. The predicted molar refractivity (Wildman–Crippen MR) is 52.7 cm³/mol. The lowest BCUT2D eigenvalue weighted by Gasteiger charge is -2.07. The fourth-order valence-corrected chi connectivity index (χ4v) is 1.18. The molecule has 0 aliphatic heterocycles. The molecule has 76 valence electrons. The zero-order valence-electron chi connectivity index (χ0n) is 7.99. The number of ether oxygens (including phenoxy) is 1. The molecule has 0 aromatic heterocycles. The molecule has 0 heterocycles. The Morgan fingerprint density at radius 2 is 2.29 bits per heavy atom. The molecule has 0 aliphatic carbocycles. The third kappa shape index (κ3) is 2.23. The Labute approximate surface area is 82.3 Å². The fourth-order valence-electron chi connectivity index (χ4n) is 1.18. The van der Waals surface area contributed by atoms with Gasteiger partial charge in [0.25, 0.3) is 0 Å². The second kappa shape index (κ2) is 4.62. The van der Waals surface area contributed by atoms with Gasteiger partial charge in [0.05, 0.1) is 12.7 Å². The Morgan fingerprint density at radius 1 is 1.57 bits per heavy atom. The Bertz CT molecular complexity index is 336. The van der Waals surface area contributed by atoms with Gasteiger partial charge in [0.2, 0.25) is 0 Å². The van der Waals surface area contributed by atoms with E-state index in [1.807, 2.05) is 0 Å². The molecule has 1 aromatic rings. The Hall–Kier alpha value is -1.55. The van der Waals surface area contributed by atoms with E-state index in [2.05, 4.69) is 0 Å². The molecule has 1 aromatic carbocycles. The van der Waals surface area contributed by atoms with E-state index in [-0.39, 0.29) is 24.5 Å². The van der Waals surface area contributed by atoms with Crippen molar-refractivity contribution < 1.29 is 14.6 Å². The highest BCUT2D eigenvalue weighted by Crippen LogP contribution is 2.24. The first-order valence-corrected chi connectivity index (χ1v) is 4.29. The number of Topliss-reactive ketones (excluding diaryl/α,β-unsaturated/α-hetero) is 1. The van der Waals surface area contributed by atoms with Gasteiger partial charge in [0, 0.05) is 6.42 Å². The number of ketones is 1. The van der Waals surface area contributed by atoms with Crippen LogP contribution in [0.4, 0.5) is 0 Å². The number of methoxy groups -OCH3 is 1. The van der Waals surface area contributed by atoms with Gasteiger partial charge in [-0.15, -0.1) is 0 Å². The summed E-state index contributed by atoms with van der Waals surface area (Å²) in [5.74, 6) is 0.382. The number of hydrogen-bond donors (Lipinski definition) is 2. The van der Waals surface area contributed by atoms with Gasteiger partial charge >= 0.3 is 0 Å². The lowest BCUT2D eigenvalue weighted by Crippen LogP contribution is -2.09. The van der Waals surface area contributed by atoms with Crippen LogP contribution in [0.3, 0.4) is 0 Å². The summed E-state index contributed by atoms with van der Waals surface area (Å²) in [7, 11) is 1.48. The van der Waals surface area contributed by atoms with Gasteiger partial charge in [0.15, 0.2) is 5.78 Å². The van der Waals surface area contributed by atoms with Crippen LogP contribution >= 0.6 is 0 Å². The number of benzene rings is 1. The molecular weight excluding hydrogens is 182 g/mol. The molecule has 1 rings (SSSR count). The number of aromatic hydroxyl groups is 1. The molecule has 0 amide bonds. The summed E-state index contributed by atoms with van der Waals surface area (Å²) in [4.78, 5) is 11.5. The van der Waals surface area contributed by atoms with Gasteiger partial charge in [-0.25, -0.2) is 0 Å². The van der Waals surface area contributed by atoms with Gasteiger partial charge in [-0.3, -0.25) is 4.79 Å². The van der Waals surface area contributed by atoms with Gasteiger partial charge in [-0.2, -0.15) is 0 Å². The Kier molecular flexibility index (Phi) is 3.48. The summed E-state index contributed by atoms with van der Waals surface area (Å²) in [6, 6.07) is 4.41. The molecule has 0 fully saturated rings. The van der Waals surface area contributed by atoms with E-state index in [9.17, 15) is 9.90 Å². The van der Waals surface area contributed by atoms with Gasteiger partial charge in [-0.1, -0.05) is 0 Å². The molecular formula is C10H13NO3. The quantitative estimate of drug-likeness (QED) is 0.701. The van der Waals surface area contributed by atoms with Gasteiger partial charge < -0.3 is 15.6 Å². The largest absolute Gasteiger partial charge is 0.508 e. The molecule has 0 bridgehead atoms. The molecule has 4 nitrogen and oxygen atoms in total. The first-order valence-electron chi connectivity index (χ1n) is 4.29. The van der Waals surface area contributed by atoms with Crippen molar-refractivity contribution in [2.75, 3.05) is 13.7 Å². The number of carbonyl (C=O) groups excluding carboxylic acids is 1. The van der Waals surface area contributed by atoms with E-state index in [1.54, 1.807) is 6.07 Å². The van der Waals surface area contributed by atoms with Gasteiger partial charge in [-0.05, 0) is 24.7 Å². The highest BCUT2D eigenvalue weighted by atomic mass is 16.5. The molecule has 3 N–H and O–H groups in total. The topological polar surface area (TPSA) is 72.5 Å². The van der Waals surface area contributed by atoms with Crippen molar-refractivity contribution in [3.63, 3.8) is 0 Å². The third-order valence-corrected chi connectivity index (χ3v) is 1.85. The normalized spacial score (nSPS) is 9.86.